The fourth-order valence-corrected chi connectivity index (χ4v) is 9.51. The Labute approximate surface area is 336 Å². The third-order valence-corrected chi connectivity index (χ3v) is 12.8. The highest BCUT2D eigenvalue weighted by atomic mass is 32.2. The zero-order valence-electron chi connectivity index (χ0n) is 32.8. The van der Waals surface area contributed by atoms with E-state index in [-0.39, 0.29) is 0 Å². The van der Waals surface area contributed by atoms with E-state index >= 15 is 0 Å². The van der Waals surface area contributed by atoms with Gasteiger partial charge in [-0.2, -0.15) is 29.2 Å². The smallest absolute Gasteiger partial charge is 0.228 e. The summed E-state index contributed by atoms with van der Waals surface area (Å²) in [5.41, 5.74) is 17.0. The lowest BCUT2D eigenvalue weighted by Crippen LogP contribution is -2.25. The van der Waals surface area contributed by atoms with E-state index in [9.17, 15) is 0 Å². The van der Waals surface area contributed by atoms with Crippen LogP contribution in [-0.2, 0) is 12.8 Å². The number of aromatic nitrogens is 8. The molecular formula is C44H48N10S2. The van der Waals surface area contributed by atoms with Crippen molar-refractivity contribution in [3.8, 4) is 0 Å². The zero-order chi connectivity index (χ0) is 38.5. The minimum absolute atomic E-state index is 0.343. The third kappa shape index (κ3) is 6.80. The van der Waals surface area contributed by atoms with Crippen molar-refractivity contribution < 1.29 is 0 Å². The lowest BCUT2D eigenvalue weighted by molar-refractivity contribution is 0.623. The molecule has 10 rings (SSSR count). The summed E-state index contributed by atoms with van der Waals surface area (Å²) in [7, 11) is 0. The minimum atomic E-state index is 0.343. The Kier molecular flexibility index (Phi) is 9.95. The van der Waals surface area contributed by atoms with E-state index in [1.54, 1.807) is 34.7 Å². The van der Waals surface area contributed by atoms with Gasteiger partial charge in [-0.05, 0) is 116 Å². The van der Waals surface area contributed by atoms with E-state index in [0.717, 1.165) is 96.0 Å². The quantitative estimate of drug-likeness (QED) is 0.145. The van der Waals surface area contributed by atoms with Crippen molar-refractivity contribution in [1.82, 2.24) is 39.2 Å². The van der Waals surface area contributed by atoms with E-state index in [1.807, 2.05) is 40.9 Å². The average Bonchev–Trinajstić information content (AvgIpc) is 4.00. The van der Waals surface area contributed by atoms with Crippen molar-refractivity contribution in [2.24, 2.45) is 0 Å². The molecule has 0 radical (unpaired) electrons. The molecule has 2 atom stereocenters. The van der Waals surface area contributed by atoms with Gasteiger partial charge >= 0.3 is 0 Å². The second-order valence-electron chi connectivity index (χ2n) is 15.6. The molecule has 2 N–H and O–H groups in total. The summed E-state index contributed by atoms with van der Waals surface area (Å²) in [5, 5.41) is 18.0. The molecule has 12 heteroatoms. The highest BCUT2D eigenvalue weighted by Gasteiger charge is 2.30. The Morgan fingerprint density at radius 1 is 0.714 bits per heavy atom. The van der Waals surface area contributed by atoms with E-state index in [0.29, 0.717) is 18.0 Å². The molecule has 10 nitrogen and oxygen atoms in total. The Balaban J connectivity index is 0.000000146. The summed E-state index contributed by atoms with van der Waals surface area (Å²) >= 11 is 3.12. The molecule has 0 unspecified atom stereocenters. The molecule has 4 aliphatic carbocycles. The van der Waals surface area contributed by atoms with Crippen LogP contribution in [0.25, 0.3) is 28.0 Å². The first-order valence-electron chi connectivity index (χ1n) is 19.6. The number of hydrogen-bond acceptors (Lipinski definition) is 10. The van der Waals surface area contributed by atoms with Gasteiger partial charge in [-0.15, -0.1) is 0 Å². The van der Waals surface area contributed by atoms with Gasteiger partial charge in [-0.25, -0.2) is 9.97 Å². The number of benzene rings is 2. The number of thioether (sulfide) groups is 2. The molecule has 56 heavy (non-hydrogen) atoms. The Morgan fingerprint density at radius 3 is 1.73 bits per heavy atom. The summed E-state index contributed by atoms with van der Waals surface area (Å²) in [6, 6.07) is 18.4. The van der Waals surface area contributed by atoms with Gasteiger partial charge in [0.1, 0.15) is 0 Å². The van der Waals surface area contributed by atoms with Crippen LogP contribution in [0.15, 0.2) is 89.0 Å². The Hall–Kier alpha value is -4.94. The fraction of sp³-hybridized carbons (Fsp3) is 0.364. The zero-order valence-corrected chi connectivity index (χ0v) is 34.4. The van der Waals surface area contributed by atoms with Crippen molar-refractivity contribution in [1.29, 1.82) is 0 Å². The topological polar surface area (TPSA) is 110 Å². The van der Waals surface area contributed by atoms with Gasteiger partial charge in [0, 0.05) is 23.2 Å². The minimum Gasteiger partial charge on any atom is -0.351 e. The summed E-state index contributed by atoms with van der Waals surface area (Å²) in [6.07, 6.45) is 16.6. The predicted octanol–water partition coefficient (Wildman–Crippen LogP) is 9.80. The standard InChI is InChI=1S/C22H25N5S.C22H23N5S/c2*1-13(2)19-12-23-27-20(19)25-22(28-3)26-21(27)24-16-9-8-15-10-14-6-4-5-7-17(14)18(15)11-16/h4-7,12-13,16H,8-11H2,1-3H3,(H,24,25,26);4-7,12,16H,1,8-11H2,2-3H3,(H,24,25,26)/t2*16-/m11/s1. The lowest BCUT2D eigenvalue weighted by Gasteiger charge is -2.26. The van der Waals surface area contributed by atoms with E-state index in [4.69, 9.17) is 15.0 Å². The summed E-state index contributed by atoms with van der Waals surface area (Å²) in [6.45, 7) is 10.4. The number of nitrogens with zero attached hydrogens (tertiary/aromatic N) is 8. The molecule has 0 fully saturated rings. The van der Waals surface area contributed by atoms with Gasteiger partial charge < -0.3 is 10.6 Å². The monoisotopic (exact) mass is 780 g/mol. The molecule has 0 saturated carbocycles. The first kappa shape index (κ1) is 36.7. The molecule has 0 bridgehead atoms. The Bertz CT molecular complexity index is 2560. The molecule has 0 saturated heterocycles. The molecule has 286 valence electrons. The number of fused-ring (bicyclic) bond motifs is 6. The average molecular weight is 781 g/mol. The van der Waals surface area contributed by atoms with Crippen LogP contribution >= 0.6 is 23.5 Å². The molecule has 2 aromatic carbocycles. The summed E-state index contributed by atoms with van der Waals surface area (Å²) < 4.78 is 3.69. The summed E-state index contributed by atoms with van der Waals surface area (Å²) in [4.78, 5) is 18.8. The van der Waals surface area contributed by atoms with Crippen LogP contribution in [0.1, 0.15) is 98.6 Å². The van der Waals surface area contributed by atoms with Crippen LogP contribution in [0.4, 0.5) is 11.9 Å². The molecule has 0 aliphatic heterocycles. The van der Waals surface area contributed by atoms with Gasteiger partial charge in [-0.3, -0.25) is 0 Å². The maximum absolute atomic E-state index is 4.74. The van der Waals surface area contributed by atoms with Gasteiger partial charge in [0.15, 0.2) is 21.6 Å². The van der Waals surface area contributed by atoms with Gasteiger partial charge in [0.2, 0.25) is 11.9 Å². The van der Waals surface area contributed by atoms with Crippen LogP contribution in [-0.4, -0.2) is 63.8 Å². The SMILES string of the molecule is C=C(C)c1cnn2c(N[C@@H]3CCC4=C(C3)c3ccccc3C4)nc(SC)nc12.CSc1nc(N[C@@H]2CCC3=C(C2)c2ccccc2C3)n2ncc(C(C)C)c2n1. The van der Waals surface area contributed by atoms with Crippen LogP contribution < -0.4 is 10.6 Å². The van der Waals surface area contributed by atoms with Gasteiger partial charge in [-0.1, -0.05) is 104 Å². The van der Waals surface area contributed by atoms with E-state index in [2.05, 4.69) is 94.8 Å². The van der Waals surface area contributed by atoms with Crippen molar-refractivity contribution in [2.75, 3.05) is 23.1 Å². The normalized spacial score (nSPS) is 18.5. The molecule has 4 aliphatic rings. The van der Waals surface area contributed by atoms with Crippen molar-refractivity contribution in [2.45, 2.75) is 100 Å². The first-order valence-corrected chi connectivity index (χ1v) is 22.1. The summed E-state index contributed by atoms with van der Waals surface area (Å²) in [5.74, 6) is 1.95. The van der Waals surface area contributed by atoms with Crippen molar-refractivity contribution >= 4 is 63.4 Å². The van der Waals surface area contributed by atoms with Crippen molar-refractivity contribution in [3.63, 3.8) is 0 Å². The maximum Gasteiger partial charge on any atom is 0.228 e. The van der Waals surface area contributed by atoms with Crippen LogP contribution in [0.2, 0.25) is 0 Å². The molecular weight excluding hydrogens is 733 g/mol. The Morgan fingerprint density at radius 2 is 1.21 bits per heavy atom. The van der Waals surface area contributed by atoms with E-state index < -0.39 is 0 Å². The predicted molar refractivity (Wildman–Crippen MR) is 231 cm³/mol. The largest absolute Gasteiger partial charge is 0.351 e. The molecule has 4 aromatic heterocycles. The highest BCUT2D eigenvalue weighted by Crippen LogP contribution is 2.43. The molecule has 6 aromatic rings. The molecule has 4 heterocycles. The number of hydrogen-bond donors (Lipinski definition) is 2. The molecule has 0 spiro atoms. The second kappa shape index (κ2) is 15.2. The second-order valence-corrected chi connectivity index (χ2v) is 17.2. The van der Waals surface area contributed by atoms with Crippen LogP contribution in [0.5, 0.6) is 0 Å². The lowest BCUT2D eigenvalue weighted by atomic mass is 9.88. The van der Waals surface area contributed by atoms with Gasteiger partial charge in [0.05, 0.1) is 12.4 Å². The molecule has 0 amide bonds. The third-order valence-electron chi connectivity index (χ3n) is 11.7. The number of allylic oxidation sites excluding steroid dienone is 3. The van der Waals surface area contributed by atoms with Crippen LogP contribution in [0.3, 0.4) is 0 Å². The number of anilines is 2. The van der Waals surface area contributed by atoms with Gasteiger partial charge in [0.25, 0.3) is 0 Å². The van der Waals surface area contributed by atoms with E-state index in [1.165, 1.54) is 39.0 Å². The fourth-order valence-electron chi connectivity index (χ4n) is 8.80. The van der Waals surface area contributed by atoms with Crippen LogP contribution in [0, 0.1) is 0 Å². The number of nitrogens with one attached hydrogen (secondary N) is 2. The highest BCUT2D eigenvalue weighted by molar-refractivity contribution is 7.98. The first-order chi connectivity index (χ1) is 27.3. The maximum atomic E-state index is 4.74. The number of rotatable bonds is 8. The van der Waals surface area contributed by atoms with Crippen molar-refractivity contribution in [3.05, 3.63) is 112 Å².